The van der Waals surface area contributed by atoms with Gasteiger partial charge in [0.1, 0.15) is 5.56 Å². The summed E-state index contributed by atoms with van der Waals surface area (Å²) in [7, 11) is 0.0716. The fraction of sp³-hybridized carbons (Fsp3) is 0.417. The zero-order chi connectivity index (χ0) is 17.8. The molecule has 0 heterocycles. The summed E-state index contributed by atoms with van der Waals surface area (Å²) in [5, 5.41) is 18.2. The Kier molecular flexibility index (Phi) is 6.62. The van der Waals surface area contributed by atoms with Crippen LogP contribution in [0.4, 0.5) is 22.0 Å². The molecule has 5 nitrogen and oxygen atoms in total. The minimum absolute atomic E-state index is 0.0505. The zero-order valence-corrected chi connectivity index (χ0v) is 13.8. The van der Waals surface area contributed by atoms with Gasteiger partial charge in [-0.15, -0.1) is 0 Å². The van der Waals surface area contributed by atoms with Crippen molar-refractivity contribution in [3.8, 4) is 0 Å². The molecule has 0 bridgehead atoms. The van der Waals surface area contributed by atoms with Crippen molar-refractivity contribution >= 4 is 16.5 Å². The normalized spacial score (nSPS) is 11.8. The molecular weight excluding hydrogens is 347 g/mol. The average Bonchev–Trinajstić information content (AvgIpc) is 2.50. The van der Waals surface area contributed by atoms with Crippen LogP contribution in [-0.4, -0.2) is 39.2 Å². The molecule has 0 fully saturated rings. The fourth-order valence-corrected chi connectivity index (χ4v) is 1.78. The highest BCUT2D eigenvalue weighted by Crippen LogP contribution is 2.23. The molecule has 1 rings (SSSR count). The third-order valence-corrected chi connectivity index (χ3v) is 3.52. The molecular formula is C12H13F5O5Si. The molecule has 1 aromatic carbocycles. The predicted molar refractivity (Wildman–Crippen MR) is 68.6 cm³/mol. The van der Waals surface area contributed by atoms with Gasteiger partial charge in [0.25, 0.3) is 5.97 Å². The van der Waals surface area contributed by atoms with Crippen LogP contribution in [0, 0.1) is 29.1 Å². The molecule has 0 aliphatic rings. The van der Waals surface area contributed by atoms with Crippen molar-refractivity contribution in [3.05, 3.63) is 34.6 Å². The molecule has 0 amide bonds. The molecule has 0 radical (unpaired) electrons. The van der Waals surface area contributed by atoms with Gasteiger partial charge in [-0.2, -0.15) is 0 Å². The van der Waals surface area contributed by atoms with Crippen LogP contribution in [0.2, 0.25) is 0 Å². The summed E-state index contributed by atoms with van der Waals surface area (Å²) < 4.78 is 74.2. The summed E-state index contributed by atoms with van der Waals surface area (Å²) in [6, 6.07) is 0. The lowest BCUT2D eigenvalue weighted by Gasteiger charge is -2.19. The van der Waals surface area contributed by atoms with Crippen LogP contribution in [0.15, 0.2) is 0 Å². The smallest absolute Gasteiger partial charge is 0.344 e. The van der Waals surface area contributed by atoms with Crippen molar-refractivity contribution in [2.45, 2.75) is 25.2 Å². The van der Waals surface area contributed by atoms with Crippen molar-refractivity contribution in [1.29, 1.82) is 0 Å². The molecule has 0 atom stereocenters. The number of hydrogen-bond donors (Lipinski definition) is 2. The molecule has 23 heavy (non-hydrogen) atoms. The summed E-state index contributed by atoms with van der Waals surface area (Å²) >= 11 is 0. The number of halogens is 5. The van der Waals surface area contributed by atoms with Crippen molar-refractivity contribution in [2.24, 2.45) is 0 Å². The lowest BCUT2D eigenvalue weighted by atomic mass is 10.1. The second kappa shape index (κ2) is 7.81. The van der Waals surface area contributed by atoms with E-state index in [1.165, 1.54) is 0 Å². The minimum Gasteiger partial charge on any atom is -0.462 e. The number of carbonyl (C=O) groups excluding carboxylic acids is 1. The Balaban J connectivity index is 2.67. The third kappa shape index (κ3) is 4.70. The van der Waals surface area contributed by atoms with Gasteiger partial charge in [-0.1, -0.05) is 0 Å². The Bertz CT molecular complexity index is 567. The van der Waals surface area contributed by atoms with Gasteiger partial charge in [-0.3, -0.25) is 0 Å². The summed E-state index contributed by atoms with van der Waals surface area (Å²) in [4.78, 5) is 11.4. The minimum atomic E-state index is -2.37. The van der Waals surface area contributed by atoms with Gasteiger partial charge < -0.3 is 19.4 Å². The van der Waals surface area contributed by atoms with Crippen molar-refractivity contribution < 1.29 is 46.1 Å². The molecule has 0 saturated heterocycles. The van der Waals surface area contributed by atoms with E-state index < -0.39 is 53.2 Å². The van der Waals surface area contributed by atoms with E-state index in [1.54, 1.807) is 0 Å². The molecule has 130 valence electrons. The summed E-state index contributed by atoms with van der Waals surface area (Å²) in [6.45, 7) is -0.421. The quantitative estimate of drug-likeness (QED) is 0.142. The van der Waals surface area contributed by atoms with Crippen LogP contribution in [-0.2, 0) is 9.16 Å². The van der Waals surface area contributed by atoms with Gasteiger partial charge in [0.15, 0.2) is 33.8 Å². The lowest BCUT2D eigenvalue weighted by Crippen LogP contribution is -2.30. The summed E-state index contributed by atoms with van der Waals surface area (Å²) in [6.07, 6.45) is -0.0505. The van der Waals surface area contributed by atoms with E-state index in [9.17, 15) is 26.7 Å². The largest absolute Gasteiger partial charge is 0.462 e. The van der Waals surface area contributed by atoms with Gasteiger partial charge in [0.05, 0.1) is 6.61 Å². The molecule has 2 N–H and O–H groups in total. The van der Waals surface area contributed by atoms with E-state index in [4.69, 9.17) is 10.2 Å². The average molecular weight is 360 g/mol. The van der Waals surface area contributed by atoms with Crippen LogP contribution in [0.25, 0.3) is 0 Å². The van der Waals surface area contributed by atoms with Crippen LogP contribution >= 0.6 is 0 Å². The van der Waals surface area contributed by atoms with Crippen molar-refractivity contribution in [3.63, 3.8) is 0 Å². The molecule has 0 unspecified atom stereocenters. The number of carbonyl (C=O) groups is 1. The summed E-state index contributed by atoms with van der Waals surface area (Å²) in [5.74, 6) is -15.4. The molecule has 0 saturated carbocycles. The van der Waals surface area contributed by atoms with Crippen LogP contribution in [0.5, 0.6) is 0 Å². The fourth-order valence-electron chi connectivity index (χ4n) is 1.58. The molecule has 11 heteroatoms. The zero-order valence-electron chi connectivity index (χ0n) is 11.8. The Morgan fingerprint density at radius 1 is 0.957 bits per heavy atom. The first-order chi connectivity index (χ1) is 10.6. The van der Waals surface area contributed by atoms with E-state index in [1.807, 2.05) is 0 Å². The maximum atomic E-state index is 13.3. The molecule has 0 aromatic heterocycles. The van der Waals surface area contributed by atoms with Crippen LogP contribution in [0.1, 0.15) is 29.6 Å². The van der Waals surface area contributed by atoms with Gasteiger partial charge in [-0.05, 0) is 12.8 Å². The summed E-state index contributed by atoms with van der Waals surface area (Å²) in [5.41, 5.74) is -1.68. The number of aliphatic hydroxyl groups is 2. The number of hydrogen-bond acceptors (Lipinski definition) is 5. The second-order valence-corrected chi connectivity index (χ2v) is 4.89. The second-order valence-electron chi connectivity index (χ2n) is 4.49. The molecule has 0 spiro atoms. The van der Waals surface area contributed by atoms with E-state index in [2.05, 4.69) is 9.16 Å². The first-order valence-corrected chi connectivity index (χ1v) is 7.12. The first kappa shape index (κ1) is 19.5. The number of benzene rings is 1. The first-order valence-electron chi connectivity index (χ1n) is 6.30. The van der Waals surface area contributed by atoms with Gasteiger partial charge in [0, 0.05) is 6.42 Å². The van der Waals surface area contributed by atoms with Gasteiger partial charge >= 0.3 is 5.97 Å². The molecule has 0 aliphatic carbocycles. The van der Waals surface area contributed by atoms with Gasteiger partial charge in [0.2, 0.25) is 5.82 Å². The number of ether oxygens (including phenoxy) is 1. The Morgan fingerprint density at radius 2 is 1.43 bits per heavy atom. The van der Waals surface area contributed by atoms with Crippen LogP contribution < -0.4 is 0 Å². The highest BCUT2D eigenvalue weighted by molar-refractivity contribution is 5.98. The number of rotatable bonds is 7. The number of esters is 1. The molecule has 0 aliphatic heterocycles. The Hall–Kier alpha value is -1.56. The third-order valence-electron chi connectivity index (χ3n) is 2.87. The Morgan fingerprint density at radius 3 is 1.91 bits per heavy atom. The maximum absolute atomic E-state index is 13.3. The van der Waals surface area contributed by atoms with E-state index in [0.29, 0.717) is 0 Å². The van der Waals surface area contributed by atoms with E-state index in [-0.39, 0.29) is 29.7 Å². The van der Waals surface area contributed by atoms with E-state index >= 15 is 0 Å². The lowest BCUT2D eigenvalue weighted by molar-refractivity contribution is -0.295. The monoisotopic (exact) mass is 360 g/mol. The maximum Gasteiger partial charge on any atom is 0.344 e. The highest BCUT2D eigenvalue weighted by atomic mass is 28.2. The molecule has 1 aromatic rings. The van der Waals surface area contributed by atoms with Crippen LogP contribution in [0.3, 0.4) is 0 Å². The Labute approximate surface area is 130 Å². The predicted octanol–water partition coefficient (Wildman–Crippen LogP) is 0.645. The van der Waals surface area contributed by atoms with Gasteiger partial charge in [-0.25, -0.2) is 26.7 Å². The number of unbranched alkanes of at least 4 members (excludes halogenated alkanes) is 1. The van der Waals surface area contributed by atoms with E-state index in [0.717, 1.165) is 0 Å². The van der Waals surface area contributed by atoms with Crippen molar-refractivity contribution in [2.75, 3.05) is 6.61 Å². The van der Waals surface area contributed by atoms with Crippen molar-refractivity contribution in [1.82, 2.24) is 0 Å². The topological polar surface area (TPSA) is 76.0 Å². The highest BCUT2D eigenvalue weighted by Gasteiger charge is 2.30. The standard InChI is InChI=1S/C12H13F5O5Si/c13-6-5(7(14)9(16)10(17)8(6)15)11(18)21-4-2-1-3-12(19,20)22-23/h19-20H,1-4H2,23H3. The SMILES string of the molecule is O=C(OCCCCC(O)(O)O[SiH3])c1c(F)c(F)c(F)c(F)c1F.